The van der Waals surface area contributed by atoms with Crippen LogP contribution in [0.2, 0.25) is 5.02 Å². The zero-order valence-corrected chi connectivity index (χ0v) is 17.8. The number of hydrogen-bond donors (Lipinski definition) is 1. The average Bonchev–Trinajstić information content (AvgIpc) is 3.00. The third kappa shape index (κ3) is 2.16. The number of anilines is 1. The Balaban J connectivity index is 1.58. The molecule has 7 rings (SSSR count). The minimum Gasteiger partial charge on any atom is -0.478 e. The molecule has 3 aromatic rings. The van der Waals surface area contributed by atoms with Gasteiger partial charge in [0, 0.05) is 11.8 Å². The number of carbonyl (C=O) groups is 3. The summed E-state index contributed by atoms with van der Waals surface area (Å²) < 4.78 is 0. The molecule has 1 saturated heterocycles. The van der Waals surface area contributed by atoms with Crippen LogP contribution in [0.3, 0.4) is 0 Å². The molecule has 2 atom stereocenters. The summed E-state index contributed by atoms with van der Waals surface area (Å²) >= 11 is 6.03. The zero-order chi connectivity index (χ0) is 22.4. The van der Waals surface area contributed by atoms with Crippen molar-refractivity contribution in [2.24, 2.45) is 11.3 Å². The molecule has 2 bridgehead atoms. The maximum absolute atomic E-state index is 14.0. The van der Waals surface area contributed by atoms with Gasteiger partial charge in [-0.25, -0.2) is 9.69 Å². The highest BCUT2D eigenvalue weighted by atomic mass is 35.5. The van der Waals surface area contributed by atoms with Crippen molar-refractivity contribution in [1.29, 1.82) is 0 Å². The molecule has 0 unspecified atom stereocenters. The van der Waals surface area contributed by atoms with Crippen LogP contribution >= 0.6 is 11.6 Å². The van der Waals surface area contributed by atoms with Gasteiger partial charge in [-0.05, 0) is 47.4 Å². The third-order valence-electron chi connectivity index (χ3n) is 7.45. The highest BCUT2D eigenvalue weighted by molar-refractivity contribution is 6.34. The smallest absolute Gasteiger partial charge is 0.337 e. The minimum absolute atomic E-state index is 0.0591. The van der Waals surface area contributed by atoms with E-state index in [0.717, 1.165) is 22.3 Å². The van der Waals surface area contributed by atoms with Crippen molar-refractivity contribution in [3.63, 3.8) is 0 Å². The van der Waals surface area contributed by atoms with E-state index in [9.17, 15) is 19.5 Å². The second-order valence-corrected chi connectivity index (χ2v) is 9.28. The van der Waals surface area contributed by atoms with Crippen LogP contribution in [0, 0.1) is 11.3 Å². The van der Waals surface area contributed by atoms with Gasteiger partial charge < -0.3 is 5.11 Å². The van der Waals surface area contributed by atoms with Gasteiger partial charge in [-0.15, -0.1) is 0 Å². The fourth-order valence-corrected chi connectivity index (χ4v) is 6.37. The molecule has 0 radical (unpaired) electrons. The molecule has 1 aliphatic heterocycles. The van der Waals surface area contributed by atoms with E-state index in [4.69, 9.17) is 11.6 Å². The summed E-state index contributed by atoms with van der Waals surface area (Å²) in [5.74, 6) is -2.85. The molecule has 1 N–H and O–H groups in total. The first-order valence-electron chi connectivity index (χ1n) is 10.4. The number of rotatable bonds is 2. The lowest BCUT2D eigenvalue weighted by Crippen LogP contribution is -2.49. The van der Waals surface area contributed by atoms with E-state index in [1.807, 2.05) is 43.3 Å². The molecule has 6 heteroatoms. The van der Waals surface area contributed by atoms with Crippen molar-refractivity contribution in [2.45, 2.75) is 18.8 Å². The van der Waals surface area contributed by atoms with Crippen molar-refractivity contribution >= 4 is 35.1 Å². The van der Waals surface area contributed by atoms with Crippen LogP contribution in [0.25, 0.3) is 0 Å². The average molecular weight is 444 g/mol. The van der Waals surface area contributed by atoms with Gasteiger partial charge in [-0.1, -0.05) is 60.1 Å². The molecule has 0 aromatic heterocycles. The Labute approximate surface area is 189 Å². The molecule has 5 nitrogen and oxygen atoms in total. The standard InChI is InChI=1S/C26H18ClNO4/c1-26-21-16-8-4-2-6-14(16)20(15-7-3-5-9-17(15)21)22(26)23(29)28(25(26)32)13-10-11-19(27)18(12-13)24(30)31/h2-12,20-22H,1H3,(H,30,31)/t20?,21?,22-,26-/m0/s1. The van der Waals surface area contributed by atoms with E-state index in [1.54, 1.807) is 0 Å². The lowest BCUT2D eigenvalue weighted by Gasteiger charge is -2.51. The second kappa shape index (κ2) is 6.30. The van der Waals surface area contributed by atoms with E-state index in [2.05, 4.69) is 12.1 Å². The van der Waals surface area contributed by atoms with E-state index in [1.165, 1.54) is 23.1 Å². The Morgan fingerprint density at radius 3 is 2.06 bits per heavy atom. The molecule has 1 fully saturated rings. The van der Waals surface area contributed by atoms with E-state index in [0.29, 0.717) is 0 Å². The van der Waals surface area contributed by atoms with Crippen LogP contribution in [0.4, 0.5) is 5.69 Å². The van der Waals surface area contributed by atoms with Crippen molar-refractivity contribution < 1.29 is 19.5 Å². The van der Waals surface area contributed by atoms with Gasteiger partial charge in [-0.3, -0.25) is 9.59 Å². The van der Waals surface area contributed by atoms with Crippen LogP contribution < -0.4 is 4.90 Å². The zero-order valence-electron chi connectivity index (χ0n) is 17.1. The number of hydrogen-bond acceptors (Lipinski definition) is 3. The molecule has 3 aromatic carbocycles. The van der Waals surface area contributed by atoms with Gasteiger partial charge >= 0.3 is 5.97 Å². The fraction of sp³-hybridized carbons (Fsp3) is 0.192. The topological polar surface area (TPSA) is 74.7 Å². The number of benzene rings is 3. The van der Waals surface area contributed by atoms with Crippen molar-refractivity contribution in [1.82, 2.24) is 0 Å². The fourth-order valence-electron chi connectivity index (χ4n) is 6.18. The summed E-state index contributed by atoms with van der Waals surface area (Å²) in [4.78, 5) is 40.6. The number of imide groups is 1. The van der Waals surface area contributed by atoms with Crippen molar-refractivity contribution in [3.8, 4) is 0 Å². The van der Waals surface area contributed by atoms with Gasteiger partial charge in [-0.2, -0.15) is 0 Å². The number of carbonyl (C=O) groups excluding carboxylic acids is 2. The Hall–Kier alpha value is -3.44. The summed E-state index contributed by atoms with van der Waals surface area (Å²) in [6.07, 6.45) is 0. The lowest BCUT2D eigenvalue weighted by molar-refractivity contribution is -0.128. The number of carboxylic acid groups (broad SMARTS) is 1. The van der Waals surface area contributed by atoms with Gasteiger partial charge in [0.05, 0.1) is 27.6 Å². The number of nitrogens with zero attached hydrogens (tertiary/aromatic N) is 1. The van der Waals surface area contributed by atoms with Gasteiger partial charge in [0.25, 0.3) is 0 Å². The first kappa shape index (κ1) is 19.3. The molecule has 3 aliphatic carbocycles. The monoisotopic (exact) mass is 443 g/mol. The SMILES string of the molecule is C[C@@]12C(=O)N(c3ccc(Cl)c(C(=O)O)c3)C(=O)[C@@H]1C1c3ccccc3C2c2ccccc21. The molecule has 2 amide bonds. The number of carboxylic acids is 1. The molecule has 0 saturated carbocycles. The molecule has 158 valence electrons. The molecule has 0 spiro atoms. The summed E-state index contributed by atoms with van der Waals surface area (Å²) in [7, 11) is 0. The Kier molecular flexibility index (Phi) is 3.79. The summed E-state index contributed by atoms with van der Waals surface area (Å²) in [5.41, 5.74) is 3.48. The van der Waals surface area contributed by atoms with Crippen molar-refractivity contribution in [2.75, 3.05) is 4.90 Å². The van der Waals surface area contributed by atoms with Gasteiger partial charge in [0.15, 0.2) is 0 Å². The predicted molar refractivity (Wildman–Crippen MR) is 119 cm³/mol. The van der Waals surface area contributed by atoms with Crippen LogP contribution in [0.5, 0.6) is 0 Å². The van der Waals surface area contributed by atoms with Crippen LogP contribution in [0.1, 0.15) is 51.4 Å². The van der Waals surface area contributed by atoms with Gasteiger partial charge in [0.2, 0.25) is 11.8 Å². The second-order valence-electron chi connectivity index (χ2n) is 8.88. The van der Waals surface area contributed by atoms with E-state index in [-0.39, 0.29) is 39.9 Å². The highest BCUT2D eigenvalue weighted by Crippen LogP contribution is 2.67. The maximum atomic E-state index is 14.0. The van der Waals surface area contributed by atoms with E-state index >= 15 is 0 Å². The number of aromatic carboxylic acids is 1. The van der Waals surface area contributed by atoms with Crippen LogP contribution in [-0.2, 0) is 9.59 Å². The predicted octanol–water partition coefficient (Wildman–Crippen LogP) is 4.82. The van der Waals surface area contributed by atoms with Crippen molar-refractivity contribution in [3.05, 3.63) is 99.6 Å². The Morgan fingerprint density at radius 2 is 1.50 bits per heavy atom. The number of halogens is 1. The number of amides is 2. The highest BCUT2D eigenvalue weighted by Gasteiger charge is 2.68. The first-order chi connectivity index (χ1) is 15.4. The van der Waals surface area contributed by atoms with Crippen LogP contribution in [0.15, 0.2) is 66.7 Å². The largest absolute Gasteiger partial charge is 0.478 e. The maximum Gasteiger partial charge on any atom is 0.337 e. The molecular weight excluding hydrogens is 426 g/mol. The summed E-state index contributed by atoms with van der Waals surface area (Å²) in [6, 6.07) is 20.3. The molecule has 1 heterocycles. The molecule has 4 aliphatic rings. The summed E-state index contributed by atoms with van der Waals surface area (Å²) in [5, 5.41) is 9.54. The van der Waals surface area contributed by atoms with Gasteiger partial charge in [0.1, 0.15) is 0 Å². The third-order valence-corrected chi connectivity index (χ3v) is 7.78. The summed E-state index contributed by atoms with van der Waals surface area (Å²) in [6.45, 7) is 1.88. The lowest BCUT2D eigenvalue weighted by atomic mass is 9.48. The molecule has 32 heavy (non-hydrogen) atoms. The quantitative estimate of drug-likeness (QED) is 0.576. The Bertz CT molecular complexity index is 1320. The Morgan fingerprint density at radius 1 is 0.938 bits per heavy atom. The molecular formula is C26H18ClNO4. The minimum atomic E-state index is -1.21. The van der Waals surface area contributed by atoms with Crippen LogP contribution in [-0.4, -0.2) is 22.9 Å². The normalized spacial score (nSPS) is 27.2. The first-order valence-corrected chi connectivity index (χ1v) is 10.8. The van der Waals surface area contributed by atoms with E-state index < -0.39 is 17.3 Å².